The van der Waals surface area contributed by atoms with Crippen molar-refractivity contribution in [1.82, 2.24) is 14.5 Å². The minimum Gasteiger partial charge on any atom is -0.507 e. The van der Waals surface area contributed by atoms with Crippen LogP contribution in [0.25, 0.3) is 72.7 Å². The first-order valence-electron chi connectivity index (χ1n) is 27.0. The molecule has 66 heavy (non-hydrogen) atoms. The Kier molecular flexibility index (Phi) is 10.4. The average Bonchev–Trinajstić information content (AvgIpc) is 3.70. The molecule has 342 valence electrons. The van der Waals surface area contributed by atoms with Crippen LogP contribution < -0.4 is 0 Å². The number of phenols is 1. The Labute approximate surface area is 421 Å². The molecule has 1 N–H and O–H groups in total. The molecule has 0 aliphatic rings. The van der Waals surface area contributed by atoms with Crippen molar-refractivity contribution in [3.63, 3.8) is 0 Å². The van der Waals surface area contributed by atoms with E-state index in [1.807, 2.05) is 85.1 Å². The summed E-state index contributed by atoms with van der Waals surface area (Å²) in [4.78, 5) is 10.2. The SMILES string of the molecule is [2H]c1c([2H])c([2H])c(-c2ccnc(-c3[c-]c(-c4cccc5c4nc(-c4cc(C(C)(C)C)cc(C(C)(C)C)c4O)n5-c4ccc(-c5c(C(C)C)cccc5C([2H])(C)C)cc4C([2H])([2H])[2H])cc(C(C)(C)C)c3)c2)c([2H])c1[2H].[Pt]. The van der Waals surface area contributed by atoms with Crippen LogP contribution in [-0.2, 0) is 37.3 Å². The van der Waals surface area contributed by atoms with Crippen molar-refractivity contribution in [2.45, 2.75) is 125 Å². The van der Waals surface area contributed by atoms with Crippen molar-refractivity contribution in [3.8, 4) is 67.5 Å². The van der Waals surface area contributed by atoms with E-state index in [0.29, 0.717) is 61.6 Å². The van der Waals surface area contributed by atoms with Gasteiger partial charge in [-0.2, -0.15) is 0 Å². The summed E-state index contributed by atoms with van der Waals surface area (Å²) in [6.07, 6.45) is 1.56. The normalized spacial score (nSPS) is 14.6. The van der Waals surface area contributed by atoms with Gasteiger partial charge >= 0.3 is 0 Å². The fourth-order valence-corrected chi connectivity index (χ4v) is 8.64. The summed E-state index contributed by atoms with van der Waals surface area (Å²) >= 11 is 0. The molecule has 6 aromatic carbocycles. The summed E-state index contributed by atoms with van der Waals surface area (Å²) in [5, 5.41) is 12.6. The van der Waals surface area contributed by atoms with Gasteiger partial charge in [-0.15, -0.1) is 29.3 Å². The van der Waals surface area contributed by atoms with E-state index in [1.165, 1.54) is 0 Å². The number of hydrogen-bond acceptors (Lipinski definition) is 3. The first kappa shape index (κ1) is 37.5. The van der Waals surface area contributed by atoms with E-state index in [9.17, 15) is 10.6 Å². The number of aromatic hydroxyl groups is 1. The van der Waals surface area contributed by atoms with E-state index in [-0.39, 0.29) is 66.8 Å². The Morgan fingerprint density at radius 1 is 0.682 bits per heavy atom. The molecular formula is C61H66N3OPt-. The second kappa shape index (κ2) is 18.3. The quantitative estimate of drug-likeness (QED) is 0.154. The predicted octanol–water partition coefficient (Wildman–Crippen LogP) is 16.7. The molecule has 0 aliphatic heterocycles. The third-order valence-electron chi connectivity index (χ3n) is 12.3. The molecule has 0 fully saturated rings. The third kappa shape index (κ3) is 9.37. The Morgan fingerprint density at radius 3 is 2.00 bits per heavy atom. The van der Waals surface area contributed by atoms with E-state index in [4.69, 9.17) is 16.8 Å². The van der Waals surface area contributed by atoms with Gasteiger partial charge in [0.25, 0.3) is 0 Å². The Hall–Kier alpha value is -5.57. The largest absolute Gasteiger partial charge is 0.507 e. The van der Waals surface area contributed by atoms with Gasteiger partial charge in [0, 0.05) is 44.0 Å². The molecule has 4 nitrogen and oxygen atoms in total. The molecule has 0 saturated carbocycles. The van der Waals surface area contributed by atoms with Crippen LogP contribution in [-0.4, -0.2) is 19.6 Å². The molecule has 0 unspecified atom stereocenters. The fourth-order valence-electron chi connectivity index (χ4n) is 8.64. The molecule has 0 atom stereocenters. The van der Waals surface area contributed by atoms with Gasteiger partial charge in [0.2, 0.25) is 0 Å². The zero-order chi connectivity index (χ0) is 54.5. The fraction of sp³-hybridized carbons (Fsp3) is 0.311. The minimum absolute atomic E-state index is 0. The van der Waals surface area contributed by atoms with Gasteiger partial charge in [-0.05, 0) is 110 Å². The number of nitrogens with zero attached hydrogens (tertiary/aromatic N) is 3. The first-order chi connectivity index (χ1) is 34.2. The maximum Gasteiger partial charge on any atom is 0.148 e. The molecule has 0 bridgehead atoms. The number of hydrogen-bond donors (Lipinski definition) is 1. The van der Waals surface area contributed by atoms with Crippen LogP contribution in [0.5, 0.6) is 5.75 Å². The van der Waals surface area contributed by atoms with Crippen LogP contribution in [0.1, 0.15) is 148 Å². The number of aromatic nitrogens is 3. The molecule has 0 amide bonds. The molecule has 8 rings (SSSR count). The average molecular weight is 1060 g/mol. The molecule has 0 radical (unpaired) electrons. The number of pyridine rings is 1. The second-order valence-corrected chi connectivity index (χ2v) is 20.9. The Balaban J connectivity index is 0.00000820. The van der Waals surface area contributed by atoms with Crippen LogP contribution >= 0.6 is 0 Å². The number of para-hydroxylation sites is 1. The second-order valence-electron chi connectivity index (χ2n) is 20.9. The van der Waals surface area contributed by atoms with Gasteiger partial charge in [-0.25, -0.2) is 4.98 Å². The molecular weight excluding hydrogens is 986 g/mol. The molecule has 5 heteroatoms. The van der Waals surface area contributed by atoms with Crippen LogP contribution in [0.3, 0.4) is 0 Å². The van der Waals surface area contributed by atoms with Crippen molar-refractivity contribution < 1.29 is 38.5 Å². The van der Waals surface area contributed by atoms with Crippen molar-refractivity contribution in [3.05, 3.63) is 167 Å². The maximum absolute atomic E-state index is 12.6. The van der Waals surface area contributed by atoms with Crippen LogP contribution in [0.15, 0.2) is 127 Å². The first-order valence-corrected chi connectivity index (χ1v) is 22.5. The van der Waals surface area contributed by atoms with Crippen LogP contribution in [0.4, 0.5) is 0 Å². The maximum atomic E-state index is 12.6. The summed E-state index contributed by atoms with van der Waals surface area (Å²) in [6.45, 7) is 24.1. The molecule has 0 saturated heterocycles. The Morgan fingerprint density at radius 2 is 1.35 bits per heavy atom. The number of rotatable bonds is 8. The van der Waals surface area contributed by atoms with Gasteiger partial charge in [-0.1, -0.05) is 180 Å². The summed E-state index contributed by atoms with van der Waals surface area (Å²) < 4.78 is 80.9. The number of benzene rings is 6. The molecule has 8 aromatic rings. The van der Waals surface area contributed by atoms with Crippen molar-refractivity contribution in [1.29, 1.82) is 0 Å². The van der Waals surface area contributed by atoms with Crippen LogP contribution in [0, 0.1) is 12.9 Å². The van der Waals surface area contributed by atoms with Crippen molar-refractivity contribution in [2.75, 3.05) is 0 Å². The number of imidazole rings is 1. The van der Waals surface area contributed by atoms with Crippen molar-refractivity contribution in [2.24, 2.45) is 0 Å². The van der Waals surface area contributed by atoms with E-state index < -0.39 is 36.3 Å². The number of fused-ring (bicyclic) bond motifs is 1. The topological polar surface area (TPSA) is 50.9 Å². The summed E-state index contributed by atoms with van der Waals surface area (Å²) in [6, 6.07) is 30.3. The molecule has 0 aliphatic carbocycles. The number of phenolic OH excluding ortho intramolecular Hbond substituents is 1. The van der Waals surface area contributed by atoms with Gasteiger partial charge in [0.05, 0.1) is 29.1 Å². The van der Waals surface area contributed by atoms with E-state index in [2.05, 4.69) is 88.3 Å². The number of aryl methyl sites for hydroxylation is 1. The van der Waals surface area contributed by atoms with Gasteiger partial charge in [-0.3, -0.25) is 9.55 Å². The van der Waals surface area contributed by atoms with Crippen molar-refractivity contribution >= 4 is 11.0 Å². The Bertz CT molecular complexity index is 3500. The van der Waals surface area contributed by atoms with Gasteiger partial charge in [0.1, 0.15) is 11.6 Å². The zero-order valence-corrected chi connectivity index (χ0v) is 42.7. The smallest absolute Gasteiger partial charge is 0.148 e. The zero-order valence-electron chi connectivity index (χ0n) is 49.4. The molecule has 2 aromatic heterocycles. The summed E-state index contributed by atoms with van der Waals surface area (Å²) in [7, 11) is 0. The molecule has 2 heterocycles. The standard InChI is InChI=1S/C61H66N3O.Pt/c1-37(2)47-22-18-23-48(38(3)4)55(47)42-26-27-53(39(5)30-42)64-54-25-19-24-49(56(54)63-58(64)50-35-46(60(9,10)11)36-51(57(50)65)61(12,13)14)43-31-44(33-45(32-43)59(6,7)8)52-34-41(28-29-62-52)40-20-16-15-17-21-40;/h15-30,32-38,65H,1-14H3;/q-1;/i5D3,15D,16D,17D,20D,21D,37D;. The van der Waals surface area contributed by atoms with Gasteiger partial charge < -0.3 is 5.11 Å². The van der Waals surface area contributed by atoms with E-state index in [0.717, 1.165) is 33.4 Å². The monoisotopic (exact) mass is 1060 g/mol. The minimum atomic E-state index is -2.63. The third-order valence-corrected chi connectivity index (χ3v) is 12.3. The van der Waals surface area contributed by atoms with Gasteiger partial charge in [0.15, 0.2) is 0 Å². The van der Waals surface area contributed by atoms with Crippen LogP contribution in [0.2, 0.25) is 0 Å². The van der Waals surface area contributed by atoms with E-state index >= 15 is 0 Å². The van der Waals surface area contributed by atoms with E-state index in [1.54, 1.807) is 24.4 Å². The summed E-state index contributed by atoms with van der Waals surface area (Å²) in [5.41, 5.74) is 9.57. The predicted molar refractivity (Wildman–Crippen MR) is 276 cm³/mol. The summed E-state index contributed by atoms with van der Waals surface area (Å²) in [5.74, 6) is -0.529. The molecule has 0 spiro atoms.